The maximum absolute atomic E-state index is 14.1. The van der Waals surface area contributed by atoms with Gasteiger partial charge in [0.1, 0.15) is 50.7 Å². The Morgan fingerprint density at radius 3 is 2.26 bits per heavy atom. The number of carbonyl (C=O) groups is 5. The van der Waals surface area contributed by atoms with Gasteiger partial charge in [0.25, 0.3) is 11.8 Å². The van der Waals surface area contributed by atoms with E-state index in [9.17, 15) is 24.0 Å². The molecule has 0 bridgehead atoms. The number of hydrogen-bond donors (Lipinski definition) is 2. The zero-order chi connectivity index (χ0) is 42.6. The zero-order valence-electron chi connectivity index (χ0n) is 33.5. The second-order valence-electron chi connectivity index (χ2n) is 15.6. The summed E-state index contributed by atoms with van der Waals surface area (Å²) in [4.78, 5) is 78.7. The lowest BCUT2D eigenvalue weighted by molar-refractivity contribution is -0.689. The molecule has 2 atom stereocenters. The Labute approximate surface area is 349 Å². The SMILES string of the molecule is COc1ccc(COC(=O)C2=C(C[n+]3ccccc3)CSC3C(NC(=O)C(=NOC(C)(C)C(=O)OC(C)(C)C)c4nc(NC(=O)OC(C)(C)C)sc4Cl)C(=O)N23)cc1. The molecule has 5 rings (SSSR count). The molecule has 2 aromatic heterocycles. The van der Waals surface area contributed by atoms with Gasteiger partial charge in [0.05, 0.1) is 7.11 Å². The summed E-state index contributed by atoms with van der Waals surface area (Å²) in [5, 5.41) is 8.47. The standard InChI is InChI=1S/C39H45ClN6O10S2/c1-37(2,3)54-34(50)39(7,8)56-44-26(25-29(40)58-35(42-25)43-36(51)55-38(4,5)6)30(47)41-27-31(48)46-28(33(49)53-20-22-13-15-24(52-9)16-14-22)23(21-57-32(27)46)19-45-17-11-10-12-18-45/h10-18,27,32H,19-21H2,1-9H3,(H-,41,42,43,47,51)/p+1. The Morgan fingerprint density at radius 1 is 0.983 bits per heavy atom. The lowest BCUT2D eigenvalue weighted by atomic mass is 10.0. The van der Waals surface area contributed by atoms with E-state index in [1.807, 2.05) is 35.2 Å². The zero-order valence-corrected chi connectivity index (χ0v) is 35.9. The van der Waals surface area contributed by atoms with Crippen LogP contribution in [0.25, 0.3) is 0 Å². The number of methoxy groups -OCH3 is 1. The fraction of sp³-hybridized carbons (Fsp3) is 0.436. The molecule has 2 unspecified atom stereocenters. The van der Waals surface area contributed by atoms with Crippen LogP contribution >= 0.6 is 34.7 Å². The smallest absolute Gasteiger partial charge is 0.413 e. The highest BCUT2D eigenvalue weighted by atomic mass is 35.5. The Hall–Kier alpha value is -5.20. The number of aromatic nitrogens is 2. The van der Waals surface area contributed by atoms with Crippen molar-refractivity contribution in [3.8, 4) is 5.75 Å². The fourth-order valence-electron chi connectivity index (χ4n) is 5.38. The van der Waals surface area contributed by atoms with E-state index in [0.717, 1.165) is 11.3 Å². The summed E-state index contributed by atoms with van der Waals surface area (Å²) in [7, 11) is 1.55. The molecule has 3 amide bonds. The van der Waals surface area contributed by atoms with Gasteiger partial charge in [-0.2, -0.15) is 0 Å². The van der Waals surface area contributed by atoms with Crippen molar-refractivity contribution >= 4 is 75.4 Å². The summed E-state index contributed by atoms with van der Waals surface area (Å²) < 4.78 is 23.5. The van der Waals surface area contributed by atoms with Gasteiger partial charge in [0.2, 0.25) is 5.60 Å². The summed E-state index contributed by atoms with van der Waals surface area (Å²) in [6, 6.07) is 11.5. The summed E-state index contributed by atoms with van der Waals surface area (Å²) in [5.74, 6) is -2.01. The Kier molecular flexibility index (Phi) is 13.4. The summed E-state index contributed by atoms with van der Waals surface area (Å²) in [6.45, 7) is 13.2. The number of anilines is 1. The first kappa shape index (κ1) is 43.9. The predicted octanol–water partition coefficient (Wildman–Crippen LogP) is 5.38. The summed E-state index contributed by atoms with van der Waals surface area (Å²) in [6.07, 6.45) is 2.87. The largest absolute Gasteiger partial charge is 0.497 e. The number of amides is 3. The maximum Gasteiger partial charge on any atom is 0.413 e. The first-order chi connectivity index (χ1) is 27.2. The second-order valence-corrected chi connectivity index (χ2v) is 18.3. The highest BCUT2D eigenvalue weighted by molar-refractivity contribution is 8.00. The van der Waals surface area contributed by atoms with Crippen LogP contribution in [-0.2, 0) is 51.4 Å². The molecule has 2 aliphatic rings. The van der Waals surface area contributed by atoms with Gasteiger partial charge in [-0.05, 0) is 73.1 Å². The van der Waals surface area contributed by atoms with Gasteiger partial charge in [-0.15, -0.1) is 11.8 Å². The Morgan fingerprint density at radius 2 is 1.64 bits per heavy atom. The van der Waals surface area contributed by atoms with Crippen LogP contribution in [-0.4, -0.2) is 86.5 Å². The molecule has 310 valence electrons. The van der Waals surface area contributed by atoms with Crippen molar-refractivity contribution in [1.82, 2.24) is 15.2 Å². The van der Waals surface area contributed by atoms with Gasteiger partial charge in [-0.3, -0.25) is 19.8 Å². The first-order valence-electron chi connectivity index (χ1n) is 18.0. The van der Waals surface area contributed by atoms with Crippen LogP contribution in [0.5, 0.6) is 5.75 Å². The van der Waals surface area contributed by atoms with E-state index in [4.69, 9.17) is 35.4 Å². The molecule has 0 radical (unpaired) electrons. The number of fused-ring (bicyclic) bond motifs is 1. The van der Waals surface area contributed by atoms with Crippen LogP contribution in [0.3, 0.4) is 0 Å². The molecule has 1 saturated heterocycles. The monoisotopic (exact) mass is 857 g/mol. The van der Waals surface area contributed by atoms with Gasteiger partial charge < -0.3 is 29.1 Å². The number of esters is 2. The minimum atomic E-state index is -1.69. The van der Waals surface area contributed by atoms with E-state index in [1.165, 1.54) is 30.5 Å². The molecule has 4 heterocycles. The van der Waals surface area contributed by atoms with Gasteiger partial charge >= 0.3 is 18.0 Å². The average Bonchev–Trinajstić information content (AvgIpc) is 3.50. The van der Waals surface area contributed by atoms with Crippen molar-refractivity contribution in [2.24, 2.45) is 5.16 Å². The highest BCUT2D eigenvalue weighted by Gasteiger charge is 2.55. The number of β-lactam (4-membered cyclic amide) rings is 1. The van der Waals surface area contributed by atoms with Crippen molar-refractivity contribution < 1.29 is 52.3 Å². The van der Waals surface area contributed by atoms with Crippen molar-refractivity contribution in [2.45, 2.75) is 96.8 Å². The molecule has 2 aliphatic heterocycles. The van der Waals surface area contributed by atoms with Crippen molar-refractivity contribution in [3.63, 3.8) is 0 Å². The summed E-state index contributed by atoms with van der Waals surface area (Å²) in [5.41, 5.74) is -2.63. The van der Waals surface area contributed by atoms with Crippen LogP contribution in [0.1, 0.15) is 66.6 Å². The topological polar surface area (TPSA) is 188 Å². The molecule has 58 heavy (non-hydrogen) atoms. The molecule has 2 N–H and O–H groups in total. The lowest BCUT2D eigenvalue weighted by Crippen LogP contribution is -2.71. The highest BCUT2D eigenvalue weighted by Crippen LogP contribution is 2.41. The normalized spacial score (nSPS) is 17.1. The number of pyridine rings is 1. The number of rotatable bonds is 13. The molecule has 1 aromatic carbocycles. The third kappa shape index (κ3) is 11.0. The van der Waals surface area contributed by atoms with E-state index in [0.29, 0.717) is 29.2 Å². The quantitative estimate of drug-likeness (QED) is 0.0559. The first-order valence-corrected chi connectivity index (χ1v) is 20.3. The lowest BCUT2D eigenvalue weighted by Gasteiger charge is -2.49. The number of benzene rings is 1. The second kappa shape index (κ2) is 17.7. The molecule has 3 aromatic rings. The van der Waals surface area contributed by atoms with E-state index < -0.39 is 63.8 Å². The minimum absolute atomic E-state index is 0.0263. The van der Waals surface area contributed by atoms with E-state index in [-0.39, 0.29) is 27.5 Å². The number of thiazole rings is 1. The van der Waals surface area contributed by atoms with Gasteiger partial charge in [0, 0.05) is 23.5 Å². The minimum Gasteiger partial charge on any atom is -0.497 e. The van der Waals surface area contributed by atoms with Crippen LogP contribution in [0.4, 0.5) is 9.93 Å². The van der Waals surface area contributed by atoms with Crippen molar-refractivity contribution in [2.75, 3.05) is 18.2 Å². The third-order valence-electron chi connectivity index (χ3n) is 8.10. The van der Waals surface area contributed by atoms with Gasteiger partial charge in [-0.25, -0.2) is 23.9 Å². The number of nitrogens with zero attached hydrogens (tertiary/aromatic N) is 4. The Balaban J connectivity index is 1.41. The van der Waals surface area contributed by atoms with E-state index >= 15 is 0 Å². The number of carbonyl (C=O) groups excluding carboxylic acids is 5. The molecule has 0 aliphatic carbocycles. The summed E-state index contributed by atoms with van der Waals surface area (Å²) >= 11 is 8.73. The molecular weight excluding hydrogens is 812 g/mol. The number of ether oxygens (including phenoxy) is 4. The van der Waals surface area contributed by atoms with Crippen molar-refractivity contribution in [1.29, 1.82) is 0 Å². The molecule has 19 heteroatoms. The number of nitrogens with one attached hydrogen (secondary N) is 2. The average molecular weight is 858 g/mol. The van der Waals surface area contributed by atoms with Crippen LogP contribution in [0, 0.1) is 0 Å². The molecule has 1 fully saturated rings. The van der Waals surface area contributed by atoms with Gasteiger partial charge in [0.15, 0.2) is 29.8 Å². The van der Waals surface area contributed by atoms with Gasteiger partial charge in [-0.1, -0.05) is 46.3 Å². The number of halogens is 1. The fourth-order valence-corrected chi connectivity index (χ4v) is 7.75. The van der Waals surface area contributed by atoms with E-state index in [2.05, 4.69) is 20.8 Å². The molecule has 0 spiro atoms. The molecule has 16 nitrogen and oxygen atoms in total. The third-order valence-corrected chi connectivity index (χ3v) is 10.6. The van der Waals surface area contributed by atoms with Crippen LogP contribution in [0.15, 0.2) is 71.3 Å². The predicted molar refractivity (Wildman–Crippen MR) is 216 cm³/mol. The number of thioether (sulfide) groups is 1. The molecule has 0 saturated carbocycles. The van der Waals surface area contributed by atoms with Crippen LogP contribution in [0.2, 0.25) is 4.34 Å². The number of oxime groups is 1. The van der Waals surface area contributed by atoms with Crippen molar-refractivity contribution in [3.05, 3.63) is 81.7 Å². The maximum atomic E-state index is 14.1. The van der Waals surface area contributed by atoms with Crippen LogP contribution < -0.4 is 19.9 Å². The Bertz CT molecular complexity index is 2110. The van der Waals surface area contributed by atoms with E-state index in [1.54, 1.807) is 72.9 Å². The number of hydrogen-bond acceptors (Lipinski definition) is 14. The molecular formula is C39H46ClN6O10S2+.